The minimum Gasteiger partial charge on any atom is -0.423 e. The van der Waals surface area contributed by atoms with Crippen molar-refractivity contribution in [2.75, 3.05) is 5.32 Å². The highest BCUT2D eigenvalue weighted by Gasteiger charge is 2.08. The fourth-order valence-electron chi connectivity index (χ4n) is 2.62. The Hall–Kier alpha value is -3.67. The van der Waals surface area contributed by atoms with Gasteiger partial charge in [0, 0.05) is 34.2 Å². The molecule has 122 valence electrons. The van der Waals surface area contributed by atoms with E-state index in [-0.39, 0.29) is 0 Å². The number of aromatic nitrogens is 3. The number of anilines is 2. The number of aromatic amines is 1. The van der Waals surface area contributed by atoms with Crippen molar-refractivity contribution in [2.45, 2.75) is 0 Å². The average Bonchev–Trinajstić information content (AvgIpc) is 3.10. The van der Waals surface area contributed by atoms with Crippen LogP contribution in [0, 0.1) is 0 Å². The Morgan fingerprint density at radius 1 is 1.16 bits per heavy atom. The molecule has 25 heavy (non-hydrogen) atoms. The van der Waals surface area contributed by atoms with Crippen molar-refractivity contribution in [3.63, 3.8) is 0 Å². The minimum absolute atomic E-state index is 0.413. The zero-order valence-electron chi connectivity index (χ0n) is 13.2. The first-order valence-corrected chi connectivity index (χ1v) is 7.66. The van der Waals surface area contributed by atoms with Crippen LogP contribution in [0.3, 0.4) is 0 Å². The molecule has 0 bridgehead atoms. The highest BCUT2D eigenvalue weighted by atomic mass is 16.5. The Labute approximate surface area is 143 Å². The lowest BCUT2D eigenvalue weighted by Gasteiger charge is -2.10. The summed E-state index contributed by atoms with van der Waals surface area (Å²) in [4.78, 5) is 23.1. The maximum atomic E-state index is 11.4. The molecule has 6 nitrogen and oxygen atoms in total. The van der Waals surface area contributed by atoms with Gasteiger partial charge in [-0.15, -0.1) is 0 Å². The lowest BCUT2D eigenvalue weighted by Crippen LogP contribution is -2.03. The molecule has 0 radical (unpaired) electrons. The van der Waals surface area contributed by atoms with E-state index in [1.165, 1.54) is 6.33 Å². The van der Waals surface area contributed by atoms with Crippen LogP contribution in [0.2, 0.25) is 0 Å². The van der Waals surface area contributed by atoms with Gasteiger partial charge in [-0.05, 0) is 42.5 Å². The smallest absolute Gasteiger partial charge is 0.335 e. The first kappa shape index (κ1) is 14.9. The first-order valence-electron chi connectivity index (χ1n) is 7.66. The van der Waals surface area contributed by atoms with Crippen molar-refractivity contribution in [3.8, 4) is 5.75 Å². The third-order valence-corrected chi connectivity index (χ3v) is 3.81. The molecular weight excluding hydrogens is 316 g/mol. The molecule has 2 N–H and O–H groups in total. The molecule has 2 aromatic heterocycles. The number of ether oxygens (including phenoxy) is 1. The van der Waals surface area contributed by atoms with Crippen molar-refractivity contribution < 1.29 is 9.53 Å². The third kappa shape index (κ3) is 2.92. The van der Waals surface area contributed by atoms with Crippen LogP contribution in [-0.4, -0.2) is 20.9 Å². The van der Waals surface area contributed by atoms with E-state index in [0.29, 0.717) is 11.6 Å². The topological polar surface area (TPSA) is 79.9 Å². The van der Waals surface area contributed by atoms with Crippen molar-refractivity contribution >= 4 is 39.3 Å². The predicted molar refractivity (Wildman–Crippen MR) is 97.0 cm³/mol. The van der Waals surface area contributed by atoms with Gasteiger partial charge in [0.2, 0.25) is 0 Å². The largest absolute Gasteiger partial charge is 0.423 e. The molecule has 0 aliphatic heterocycles. The summed E-state index contributed by atoms with van der Waals surface area (Å²) in [7, 11) is 0. The molecule has 4 aromatic rings. The molecule has 6 heteroatoms. The van der Waals surface area contributed by atoms with Gasteiger partial charge in [-0.3, -0.25) is 0 Å². The molecule has 4 rings (SSSR count). The highest BCUT2D eigenvalue weighted by Crippen LogP contribution is 2.28. The second kappa shape index (κ2) is 6.09. The van der Waals surface area contributed by atoms with E-state index in [9.17, 15) is 4.79 Å². The van der Waals surface area contributed by atoms with Crippen LogP contribution in [-0.2, 0) is 4.79 Å². The SMILES string of the molecule is C=CC(=O)Oc1ccc2ncnc(Nc3ccc4[nH]ccc4c3)c2c1. The maximum Gasteiger partial charge on any atom is 0.335 e. The van der Waals surface area contributed by atoms with E-state index in [1.807, 2.05) is 30.5 Å². The zero-order chi connectivity index (χ0) is 17.2. The lowest BCUT2D eigenvalue weighted by atomic mass is 10.2. The van der Waals surface area contributed by atoms with Crippen LogP contribution in [0.1, 0.15) is 0 Å². The zero-order valence-corrected chi connectivity index (χ0v) is 13.2. The fourth-order valence-corrected chi connectivity index (χ4v) is 2.62. The Morgan fingerprint density at radius 2 is 2.08 bits per heavy atom. The molecule has 0 saturated carbocycles. The molecule has 2 aromatic carbocycles. The maximum absolute atomic E-state index is 11.4. The van der Waals surface area contributed by atoms with Crippen LogP contribution in [0.4, 0.5) is 11.5 Å². The number of benzene rings is 2. The number of nitrogens with zero attached hydrogens (tertiary/aromatic N) is 2. The number of hydrogen-bond donors (Lipinski definition) is 2. The minimum atomic E-state index is -0.511. The fraction of sp³-hybridized carbons (Fsp3) is 0. The number of hydrogen-bond acceptors (Lipinski definition) is 5. The molecular formula is C19H14N4O2. The normalized spacial score (nSPS) is 10.7. The second-order valence-corrected chi connectivity index (χ2v) is 5.43. The second-order valence-electron chi connectivity index (χ2n) is 5.43. The first-order chi connectivity index (χ1) is 12.2. The summed E-state index contributed by atoms with van der Waals surface area (Å²) in [5.41, 5.74) is 2.72. The molecule has 0 atom stereocenters. The standard InChI is InChI=1S/C19H14N4O2/c1-2-18(24)25-14-4-6-17-15(10-14)19(22-11-21-17)23-13-3-5-16-12(9-13)7-8-20-16/h2-11,20H,1H2,(H,21,22,23). The molecule has 0 unspecified atom stereocenters. The van der Waals surface area contributed by atoms with Gasteiger partial charge in [0.25, 0.3) is 0 Å². The van der Waals surface area contributed by atoms with Crippen LogP contribution >= 0.6 is 0 Å². The van der Waals surface area contributed by atoms with Crippen LogP contribution in [0.5, 0.6) is 5.75 Å². The van der Waals surface area contributed by atoms with Crippen molar-refractivity contribution in [1.29, 1.82) is 0 Å². The molecule has 0 amide bonds. The van der Waals surface area contributed by atoms with E-state index in [0.717, 1.165) is 33.6 Å². The number of fused-ring (bicyclic) bond motifs is 2. The molecule has 0 aliphatic rings. The van der Waals surface area contributed by atoms with Gasteiger partial charge in [0.1, 0.15) is 17.9 Å². The van der Waals surface area contributed by atoms with E-state index < -0.39 is 5.97 Å². The van der Waals surface area contributed by atoms with Crippen LogP contribution in [0.25, 0.3) is 21.8 Å². The van der Waals surface area contributed by atoms with E-state index >= 15 is 0 Å². The summed E-state index contributed by atoms with van der Waals surface area (Å²) in [5.74, 6) is 0.538. The number of rotatable bonds is 4. The van der Waals surface area contributed by atoms with Gasteiger partial charge in [-0.25, -0.2) is 14.8 Å². The number of esters is 1. The molecule has 0 aliphatic carbocycles. The summed E-state index contributed by atoms with van der Waals surface area (Å²) >= 11 is 0. The van der Waals surface area contributed by atoms with Crippen molar-refractivity contribution in [3.05, 3.63) is 67.6 Å². The molecule has 2 heterocycles. The molecule has 0 fully saturated rings. The number of H-pyrrole nitrogens is 1. The summed E-state index contributed by atoms with van der Waals surface area (Å²) in [6.45, 7) is 3.40. The quantitative estimate of drug-likeness (QED) is 0.336. The Bertz CT molecular complexity index is 1100. The summed E-state index contributed by atoms with van der Waals surface area (Å²) < 4.78 is 5.18. The van der Waals surface area contributed by atoms with E-state index in [4.69, 9.17) is 4.74 Å². The Balaban J connectivity index is 1.73. The lowest BCUT2D eigenvalue weighted by molar-refractivity contribution is -0.128. The van der Waals surface area contributed by atoms with Gasteiger partial charge in [0.15, 0.2) is 0 Å². The number of carbonyl (C=O) groups is 1. The van der Waals surface area contributed by atoms with Crippen molar-refractivity contribution in [1.82, 2.24) is 15.0 Å². The summed E-state index contributed by atoms with van der Waals surface area (Å²) in [5, 5.41) is 5.15. The van der Waals surface area contributed by atoms with Gasteiger partial charge in [-0.2, -0.15) is 0 Å². The van der Waals surface area contributed by atoms with Gasteiger partial charge >= 0.3 is 5.97 Å². The van der Waals surface area contributed by atoms with Gasteiger partial charge in [0.05, 0.1) is 5.52 Å². The third-order valence-electron chi connectivity index (χ3n) is 3.81. The van der Waals surface area contributed by atoms with Crippen LogP contribution < -0.4 is 10.1 Å². The highest BCUT2D eigenvalue weighted by molar-refractivity contribution is 5.93. The predicted octanol–water partition coefficient (Wildman–Crippen LogP) is 3.95. The van der Waals surface area contributed by atoms with Gasteiger partial charge in [-0.1, -0.05) is 6.58 Å². The number of nitrogens with one attached hydrogen (secondary N) is 2. The van der Waals surface area contributed by atoms with E-state index in [2.05, 4.69) is 26.8 Å². The number of carbonyl (C=O) groups excluding carboxylic acids is 1. The summed E-state index contributed by atoms with van der Waals surface area (Å²) in [6, 6.07) is 13.2. The Morgan fingerprint density at radius 3 is 2.96 bits per heavy atom. The Kier molecular flexibility index (Phi) is 3.63. The van der Waals surface area contributed by atoms with E-state index in [1.54, 1.807) is 18.2 Å². The molecule has 0 spiro atoms. The van der Waals surface area contributed by atoms with Crippen molar-refractivity contribution in [2.24, 2.45) is 0 Å². The molecule has 0 saturated heterocycles. The van der Waals surface area contributed by atoms with Crippen LogP contribution in [0.15, 0.2) is 67.6 Å². The average molecular weight is 330 g/mol. The summed E-state index contributed by atoms with van der Waals surface area (Å²) in [6.07, 6.45) is 4.51. The van der Waals surface area contributed by atoms with Gasteiger partial charge < -0.3 is 15.0 Å². The monoisotopic (exact) mass is 330 g/mol.